The molecule has 1 aliphatic heterocycles. The lowest BCUT2D eigenvalue weighted by atomic mass is 9.83. The number of hydrogen-bond donors (Lipinski definition) is 1. The third-order valence-corrected chi connectivity index (χ3v) is 4.25. The van der Waals surface area contributed by atoms with Crippen molar-refractivity contribution in [3.8, 4) is 0 Å². The fourth-order valence-electron chi connectivity index (χ4n) is 2.57. The van der Waals surface area contributed by atoms with Crippen LogP contribution in [-0.4, -0.2) is 47.6 Å². The van der Waals surface area contributed by atoms with Crippen molar-refractivity contribution in [3.05, 3.63) is 0 Å². The van der Waals surface area contributed by atoms with Crippen LogP contribution in [-0.2, 0) is 14.3 Å². The van der Waals surface area contributed by atoms with Crippen molar-refractivity contribution in [1.82, 2.24) is 10.2 Å². The molecule has 0 aromatic heterocycles. The van der Waals surface area contributed by atoms with Gasteiger partial charge in [0.2, 0.25) is 11.8 Å². The first kappa shape index (κ1) is 17.0. The Morgan fingerprint density at radius 2 is 1.70 bits per heavy atom. The molecule has 0 unspecified atom stereocenters. The van der Waals surface area contributed by atoms with Crippen molar-refractivity contribution in [2.45, 2.75) is 65.0 Å². The average molecular weight is 284 g/mol. The van der Waals surface area contributed by atoms with Crippen LogP contribution in [0, 0.1) is 0 Å². The molecule has 0 bridgehead atoms. The van der Waals surface area contributed by atoms with Crippen molar-refractivity contribution < 1.29 is 14.3 Å². The van der Waals surface area contributed by atoms with Crippen molar-refractivity contribution >= 4 is 11.8 Å². The lowest BCUT2D eigenvalue weighted by Gasteiger charge is -2.49. The van der Waals surface area contributed by atoms with E-state index in [1.165, 1.54) is 0 Å². The lowest BCUT2D eigenvalue weighted by Crippen LogP contribution is -2.74. The van der Waals surface area contributed by atoms with Crippen LogP contribution in [0.1, 0.15) is 53.9 Å². The molecule has 1 aliphatic rings. The third-order valence-electron chi connectivity index (χ3n) is 4.25. The molecular formula is C15H28N2O3. The molecule has 1 fully saturated rings. The molecule has 116 valence electrons. The predicted molar refractivity (Wildman–Crippen MR) is 78.4 cm³/mol. The number of carbonyl (C=O) groups excluding carboxylic acids is 2. The highest BCUT2D eigenvalue weighted by molar-refractivity contribution is 6.01. The van der Waals surface area contributed by atoms with E-state index in [0.717, 1.165) is 6.42 Å². The van der Waals surface area contributed by atoms with E-state index in [0.29, 0.717) is 32.6 Å². The summed E-state index contributed by atoms with van der Waals surface area (Å²) in [6.45, 7) is 11.1. The van der Waals surface area contributed by atoms with Gasteiger partial charge in [-0.15, -0.1) is 0 Å². The second-order valence-electron chi connectivity index (χ2n) is 5.87. The van der Waals surface area contributed by atoms with Crippen LogP contribution in [0.3, 0.4) is 0 Å². The number of amides is 2. The van der Waals surface area contributed by atoms with Gasteiger partial charge in [-0.25, -0.2) is 0 Å². The van der Waals surface area contributed by atoms with Gasteiger partial charge in [0.1, 0.15) is 11.1 Å². The normalized spacial score (nSPS) is 20.9. The van der Waals surface area contributed by atoms with Gasteiger partial charge in [-0.2, -0.15) is 0 Å². The second-order valence-corrected chi connectivity index (χ2v) is 5.87. The number of nitrogens with one attached hydrogen (secondary N) is 1. The zero-order valence-corrected chi connectivity index (χ0v) is 13.4. The number of ether oxygens (including phenoxy) is 1. The standard InChI is InChI=1S/C15H28N2O3/c1-6-10-20-11-9-17-13(19)15(7-2,8-3)16-12(18)14(17,4)5/h6-11H2,1-5H3,(H,16,18). The van der Waals surface area contributed by atoms with Gasteiger partial charge in [0, 0.05) is 13.2 Å². The molecule has 0 spiro atoms. The van der Waals surface area contributed by atoms with Crippen molar-refractivity contribution in [1.29, 1.82) is 0 Å². The molecule has 0 atom stereocenters. The van der Waals surface area contributed by atoms with E-state index < -0.39 is 11.1 Å². The van der Waals surface area contributed by atoms with Gasteiger partial charge >= 0.3 is 0 Å². The Kier molecular flexibility index (Phi) is 5.57. The van der Waals surface area contributed by atoms with Gasteiger partial charge in [-0.3, -0.25) is 9.59 Å². The zero-order chi connectivity index (χ0) is 15.4. The highest BCUT2D eigenvalue weighted by Gasteiger charge is 2.52. The molecule has 5 nitrogen and oxygen atoms in total. The Balaban J connectivity index is 2.90. The van der Waals surface area contributed by atoms with Crippen LogP contribution >= 0.6 is 0 Å². The van der Waals surface area contributed by atoms with E-state index in [9.17, 15) is 9.59 Å². The number of hydrogen-bond acceptors (Lipinski definition) is 3. The summed E-state index contributed by atoms with van der Waals surface area (Å²) < 4.78 is 5.47. The first-order valence-corrected chi connectivity index (χ1v) is 7.58. The zero-order valence-electron chi connectivity index (χ0n) is 13.4. The number of nitrogens with zero attached hydrogens (tertiary/aromatic N) is 1. The minimum absolute atomic E-state index is 0.00667. The Morgan fingerprint density at radius 3 is 2.20 bits per heavy atom. The Bertz CT molecular complexity index is 362. The van der Waals surface area contributed by atoms with Crippen molar-refractivity contribution in [3.63, 3.8) is 0 Å². The predicted octanol–water partition coefficient (Wildman–Crippen LogP) is 1.71. The van der Waals surface area contributed by atoms with E-state index in [1.807, 2.05) is 20.8 Å². The van der Waals surface area contributed by atoms with Gasteiger partial charge in [0.15, 0.2) is 0 Å². The summed E-state index contributed by atoms with van der Waals surface area (Å²) in [5.74, 6) is -0.0801. The summed E-state index contributed by atoms with van der Waals surface area (Å²) in [5.41, 5.74) is -1.57. The first-order chi connectivity index (χ1) is 9.35. The quantitative estimate of drug-likeness (QED) is 0.724. The number of carbonyl (C=O) groups is 2. The summed E-state index contributed by atoms with van der Waals surface area (Å²) in [7, 11) is 0. The van der Waals surface area contributed by atoms with Gasteiger partial charge in [0.05, 0.1) is 6.61 Å². The highest BCUT2D eigenvalue weighted by Crippen LogP contribution is 2.30. The lowest BCUT2D eigenvalue weighted by molar-refractivity contribution is -0.162. The fourth-order valence-corrected chi connectivity index (χ4v) is 2.57. The van der Waals surface area contributed by atoms with Crippen LogP contribution < -0.4 is 5.32 Å². The van der Waals surface area contributed by atoms with E-state index in [4.69, 9.17) is 4.74 Å². The van der Waals surface area contributed by atoms with E-state index in [-0.39, 0.29) is 11.8 Å². The van der Waals surface area contributed by atoms with Crippen LogP contribution in [0.25, 0.3) is 0 Å². The molecule has 5 heteroatoms. The van der Waals surface area contributed by atoms with Crippen LogP contribution in [0.4, 0.5) is 0 Å². The minimum atomic E-state index is -0.819. The maximum absolute atomic E-state index is 12.8. The Hall–Kier alpha value is -1.10. The SMILES string of the molecule is CCCOCCN1C(=O)C(CC)(CC)NC(=O)C1(C)C. The first-order valence-electron chi connectivity index (χ1n) is 7.58. The van der Waals surface area contributed by atoms with Crippen molar-refractivity contribution in [2.24, 2.45) is 0 Å². The van der Waals surface area contributed by atoms with Crippen LogP contribution in [0.5, 0.6) is 0 Å². The molecule has 1 saturated heterocycles. The second kappa shape index (κ2) is 6.57. The van der Waals surface area contributed by atoms with E-state index in [2.05, 4.69) is 5.32 Å². The molecule has 1 heterocycles. The maximum atomic E-state index is 12.8. The fraction of sp³-hybridized carbons (Fsp3) is 0.867. The van der Waals surface area contributed by atoms with Gasteiger partial charge in [-0.05, 0) is 33.1 Å². The molecule has 0 radical (unpaired) electrons. The molecule has 2 amide bonds. The van der Waals surface area contributed by atoms with Crippen LogP contribution in [0.2, 0.25) is 0 Å². The highest BCUT2D eigenvalue weighted by atomic mass is 16.5. The molecule has 1 N–H and O–H groups in total. The Labute approximate surface area is 122 Å². The molecule has 0 saturated carbocycles. The van der Waals surface area contributed by atoms with Gasteiger partial charge in [0.25, 0.3) is 0 Å². The van der Waals surface area contributed by atoms with Gasteiger partial charge in [-0.1, -0.05) is 20.8 Å². The summed E-state index contributed by atoms with van der Waals surface area (Å²) >= 11 is 0. The number of piperazine rings is 1. The van der Waals surface area contributed by atoms with Gasteiger partial charge < -0.3 is 15.0 Å². The summed E-state index contributed by atoms with van der Waals surface area (Å²) in [4.78, 5) is 26.8. The average Bonchev–Trinajstić information content (AvgIpc) is 2.42. The molecule has 20 heavy (non-hydrogen) atoms. The van der Waals surface area contributed by atoms with E-state index >= 15 is 0 Å². The third kappa shape index (κ3) is 2.97. The summed E-state index contributed by atoms with van der Waals surface area (Å²) in [6.07, 6.45) is 2.17. The van der Waals surface area contributed by atoms with Crippen LogP contribution in [0.15, 0.2) is 0 Å². The summed E-state index contributed by atoms with van der Waals surface area (Å²) in [6, 6.07) is 0. The monoisotopic (exact) mass is 284 g/mol. The molecule has 0 aromatic carbocycles. The maximum Gasteiger partial charge on any atom is 0.249 e. The topological polar surface area (TPSA) is 58.6 Å². The molecule has 0 aromatic rings. The minimum Gasteiger partial charge on any atom is -0.380 e. The molecular weight excluding hydrogens is 256 g/mol. The largest absolute Gasteiger partial charge is 0.380 e. The van der Waals surface area contributed by atoms with E-state index in [1.54, 1.807) is 18.7 Å². The Morgan fingerprint density at radius 1 is 1.10 bits per heavy atom. The number of rotatable bonds is 7. The smallest absolute Gasteiger partial charge is 0.249 e. The molecule has 1 rings (SSSR count). The van der Waals surface area contributed by atoms with Crippen molar-refractivity contribution in [2.75, 3.05) is 19.8 Å². The molecule has 0 aliphatic carbocycles. The summed E-state index contributed by atoms with van der Waals surface area (Å²) in [5, 5.41) is 2.93.